The van der Waals surface area contributed by atoms with Gasteiger partial charge < -0.3 is 15.5 Å². The zero-order valence-corrected chi connectivity index (χ0v) is 16.9. The van der Waals surface area contributed by atoms with Gasteiger partial charge in [-0.25, -0.2) is 18.7 Å². The number of alkyl halides is 1. The maximum atomic E-state index is 14.2. The van der Waals surface area contributed by atoms with Gasteiger partial charge in [0.15, 0.2) is 0 Å². The molecule has 0 bridgehead atoms. The number of hydrogen-bond donors (Lipinski definition) is 2. The largest absolute Gasteiger partial charge is 0.355 e. The Morgan fingerprint density at radius 2 is 2.07 bits per heavy atom. The molecule has 2 aromatic rings. The highest BCUT2D eigenvalue weighted by Gasteiger charge is 2.48. The molecule has 0 atom stereocenters. The van der Waals surface area contributed by atoms with Crippen LogP contribution in [-0.4, -0.2) is 47.7 Å². The Labute approximate surface area is 173 Å². The van der Waals surface area contributed by atoms with E-state index < -0.39 is 17.4 Å². The quantitative estimate of drug-likeness (QED) is 0.511. The molecule has 0 aromatic carbocycles. The maximum absolute atomic E-state index is 14.2. The van der Waals surface area contributed by atoms with Crippen LogP contribution in [-0.2, 0) is 10.2 Å². The maximum Gasteiger partial charge on any atom is 0.252 e. The summed E-state index contributed by atoms with van der Waals surface area (Å²) in [5.41, 5.74) is 0.590. The number of likely N-dealkylation sites (N-methyl/N-ethyl adjacent to an activating group) is 1. The molecule has 30 heavy (non-hydrogen) atoms. The Morgan fingerprint density at radius 3 is 2.63 bits per heavy atom. The highest BCUT2D eigenvalue weighted by molar-refractivity contribution is 5.96. The summed E-state index contributed by atoms with van der Waals surface area (Å²) < 4.78 is 27.9. The zero-order chi connectivity index (χ0) is 21.7. The van der Waals surface area contributed by atoms with Gasteiger partial charge in [0.1, 0.15) is 12.0 Å². The number of hydrogen-bond acceptors (Lipinski definition) is 6. The highest BCUT2D eigenvalue weighted by Crippen LogP contribution is 2.45. The molecule has 158 valence electrons. The molecule has 0 radical (unpaired) electrons. The second kappa shape index (κ2) is 8.98. The van der Waals surface area contributed by atoms with Crippen LogP contribution in [0.25, 0.3) is 0 Å². The number of carbonyl (C=O) groups excluding carboxylic acids is 1. The summed E-state index contributed by atoms with van der Waals surface area (Å²) in [4.78, 5) is 26.1. The monoisotopic (exact) mass is 414 g/mol. The van der Waals surface area contributed by atoms with E-state index >= 15 is 0 Å². The number of aromatic nitrogens is 3. The fraction of sp³-hybridized carbons (Fsp3) is 0.333. The average Bonchev–Trinajstić information content (AvgIpc) is 2.74. The van der Waals surface area contributed by atoms with Crippen molar-refractivity contribution in [1.82, 2.24) is 20.3 Å². The third-order valence-electron chi connectivity index (χ3n) is 5.16. The van der Waals surface area contributed by atoms with E-state index in [0.717, 1.165) is 0 Å². The second-order valence-corrected chi connectivity index (χ2v) is 7.22. The van der Waals surface area contributed by atoms with E-state index in [0.29, 0.717) is 17.2 Å². The Hall–Kier alpha value is -3.36. The molecule has 3 rings (SSSR count). The number of rotatable bonds is 8. The van der Waals surface area contributed by atoms with Crippen LogP contribution >= 0.6 is 0 Å². The lowest BCUT2D eigenvalue weighted by molar-refractivity contribution is -0.116. The molecule has 1 aliphatic carbocycles. The van der Waals surface area contributed by atoms with Gasteiger partial charge in [0, 0.05) is 38.5 Å². The summed E-state index contributed by atoms with van der Waals surface area (Å²) in [6.07, 6.45) is 7.18. The number of carbonyl (C=O) groups is 1. The van der Waals surface area contributed by atoms with E-state index in [1.165, 1.54) is 24.4 Å². The van der Waals surface area contributed by atoms with Crippen LogP contribution in [0.2, 0.25) is 0 Å². The Bertz CT molecular complexity index is 941. The lowest BCUT2D eigenvalue weighted by atomic mass is 9.65. The molecule has 9 heteroatoms. The number of anilines is 2. The molecular formula is C21H24F2N6O. The van der Waals surface area contributed by atoms with Crippen molar-refractivity contribution in [3.63, 3.8) is 0 Å². The minimum absolute atomic E-state index is 0.198. The molecule has 0 unspecified atom stereocenters. The first-order chi connectivity index (χ1) is 14.4. The molecule has 0 aliphatic heterocycles. The third-order valence-corrected chi connectivity index (χ3v) is 5.16. The summed E-state index contributed by atoms with van der Waals surface area (Å²) >= 11 is 0. The van der Waals surface area contributed by atoms with Crippen molar-refractivity contribution >= 4 is 17.5 Å². The normalized spacial score (nSPS) is 20.8. The molecule has 7 nitrogen and oxygen atoms in total. The smallest absolute Gasteiger partial charge is 0.252 e. The van der Waals surface area contributed by atoms with Crippen molar-refractivity contribution < 1.29 is 13.6 Å². The molecule has 0 spiro atoms. The molecular weight excluding hydrogens is 390 g/mol. The Kier molecular flexibility index (Phi) is 6.39. The lowest BCUT2D eigenvalue weighted by Crippen LogP contribution is -2.49. The summed E-state index contributed by atoms with van der Waals surface area (Å²) in [6.45, 7) is 3.90. The Morgan fingerprint density at radius 1 is 1.37 bits per heavy atom. The van der Waals surface area contributed by atoms with Crippen molar-refractivity contribution in [2.45, 2.75) is 24.4 Å². The third kappa shape index (κ3) is 4.45. The fourth-order valence-corrected chi connectivity index (χ4v) is 3.46. The van der Waals surface area contributed by atoms with E-state index in [1.54, 1.807) is 37.6 Å². The predicted molar refractivity (Wildman–Crippen MR) is 111 cm³/mol. The molecule has 2 heterocycles. The van der Waals surface area contributed by atoms with E-state index in [-0.39, 0.29) is 31.0 Å². The van der Waals surface area contributed by atoms with Crippen molar-refractivity contribution in [3.8, 4) is 0 Å². The van der Waals surface area contributed by atoms with E-state index in [2.05, 4.69) is 32.2 Å². The second-order valence-electron chi connectivity index (χ2n) is 7.22. The van der Waals surface area contributed by atoms with Crippen LogP contribution in [0.1, 0.15) is 18.5 Å². The van der Waals surface area contributed by atoms with Crippen LogP contribution in [0.5, 0.6) is 0 Å². The SMILES string of the molecule is C=C/C(=C\N(C)c1cnc(NC[C@]2(c3ncccc3F)C[C@H](F)C2)nc1)C(=O)NC. The van der Waals surface area contributed by atoms with Gasteiger partial charge in [-0.15, -0.1) is 0 Å². The van der Waals surface area contributed by atoms with Gasteiger partial charge >= 0.3 is 0 Å². The number of amides is 1. The first-order valence-electron chi connectivity index (χ1n) is 9.48. The molecule has 1 fully saturated rings. The van der Waals surface area contributed by atoms with Crippen LogP contribution < -0.4 is 15.5 Å². The highest BCUT2D eigenvalue weighted by atomic mass is 19.1. The standard InChI is InChI=1S/C21H24F2N6O/c1-4-14(19(30)24-2)12-29(3)16-10-26-20(27-11-16)28-13-21(8-15(22)9-21)18-17(23)6-5-7-25-18/h4-7,10-12,15H,1,8-9,13H2,2-3H3,(H,24,30)(H,26,27,28)/b14-12+/t15-,21-. The lowest BCUT2D eigenvalue weighted by Gasteiger charge is -2.43. The molecule has 1 amide bonds. The van der Waals surface area contributed by atoms with Gasteiger partial charge in [0.2, 0.25) is 5.95 Å². The van der Waals surface area contributed by atoms with Gasteiger partial charge in [-0.3, -0.25) is 9.78 Å². The number of pyridine rings is 1. The Balaban J connectivity index is 1.70. The van der Waals surface area contributed by atoms with E-state index in [9.17, 15) is 13.6 Å². The van der Waals surface area contributed by atoms with Gasteiger partial charge in [-0.1, -0.05) is 12.7 Å². The van der Waals surface area contributed by atoms with E-state index in [1.807, 2.05) is 0 Å². The molecule has 2 N–H and O–H groups in total. The first kappa shape index (κ1) is 21.4. The first-order valence-corrected chi connectivity index (χ1v) is 9.48. The number of halogens is 2. The van der Waals surface area contributed by atoms with E-state index in [4.69, 9.17) is 0 Å². The minimum Gasteiger partial charge on any atom is -0.355 e. The van der Waals surface area contributed by atoms with Gasteiger partial charge in [-0.05, 0) is 25.0 Å². The average molecular weight is 414 g/mol. The van der Waals surface area contributed by atoms with Crippen molar-refractivity contribution in [1.29, 1.82) is 0 Å². The summed E-state index contributed by atoms with van der Waals surface area (Å²) in [5, 5.41) is 5.61. The van der Waals surface area contributed by atoms with Crippen LogP contribution in [0.15, 0.2) is 55.2 Å². The van der Waals surface area contributed by atoms with Gasteiger partial charge in [-0.2, -0.15) is 0 Å². The van der Waals surface area contributed by atoms with Crippen molar-refractivity contribution in [2.24, 2.45) is 0 Å². The van der Waals surface area contributed by atoms with Gasteiger partial charge in [0.25, 0.3) is 5.91 Å². The molecule has 0 saturated heterocycles. The van der Waals surface area contributed by atoms with Crippen molar-refractivity contribution in [2.75, 3.05) is 30.9 Å². The molecule has 1 saturated carbocycles. The zero-order valence-electron chi connectivity index (χ0n) is 16.9. The van der Waals surface area contributed by atoms with Crippen LogP contribution in [0.3, 0.4) is 0 Å². The van der Waals surface area contributed by atoms with Gasteiger partial charge in [0.05, 0.1) is 29.3 Å². The fourth-order valence-electron chi connectivity index (χ4n) is 3.46. The van der Waals surface area contributed by atoms with Crippen LogP contribution in [0.4, 0.5) is 20.4 Å². The summed E-state index contributed by atoms with van der Waals surface area (Å²) in [6, 6.07) is 2.85. The minimum atomic E-state index is -0.976. The number of nitrogens with zero attached hydrogens (tertiary/aromatic N) is 4. The predicted octanol–water partition coefficient (Wildman–Crippen LogP) is 2.74. The summed E-state index contributed by atoms with van der Waals surface area (Å²) in [7, 11) is 3.30. The molecule has 1 aliphatic rings. The summed E-state index contributed by atoms with van der Waals surface area (Å²) in [5.74, 6) is -0.357. The molecule has 2 aromatic heterocycles. The number of nitrogens with one attached hydrogen (secondary N) is 2. The van der Waals surface area contributed by atoms with Crippen LogP contribution in [0, 0.1) is 5.82 Å². The van der Waals surface area contributed by atoms with Crippen molar-refractivity contribution in [3.05, 3.63) is 66.7 Å². The topological polar surface area (TPSA) is 83.0 Å².